The maximum Gasteiger partial charge on any atom is 0.173 e. The third kappa shape index (κ3) is 4.82. The number of anilines is 1. The number of ether oxygens (including phenoxy) is 2. The van der Waals surface area contributed by atoms with Gasteiger partial charge in [0.2, 0.25) is 0 Å². The number of rotatable bonds is 6. The molecule has 0 unspecified atom stereocenters. The maximum absolute atomic E-state index is 5.44. The van der Waals surface area contributed by atoms with E-state index < -0.39 is 0 Å². The summed E-state index contributed by atoms with van der Waals surface area (Å²) in [6.45, 7) is 0.788. The topological polar surface area (TPSA) is 46.6 Å². The quantitative estimate of drug-likeness (QED) is 0.821. The summed E-state index contributed by atoms with van der Waals surface area (Å²) in [6, 6.07) is 11.5. The van der Waals surface area contributed by atoms with Crippen LogP contribution in [0.2, 0.25) is 0 Å². The van der Waals surface area contributed by atoms with Gasteiger partial charge in [0, 0.05) is 43.7 Å². The van der Waals surface area contributed by atoms with Crippen molar-refractivity contribution in [3.63, 3.8) is 0 Å². The Kier molecular flexibility index (Phi) is 6.17. The predicted molar refractivity (Wildman–Crippen MR) is 96.3 cm³/mol. The van der Waals surface area contributed by atoms with Crippen LogP contribution in [0.5, 0.6) is 11.5 Å². The van der Waals surface area contributed by atoms with E-state index in [1.165, 1.54) is 0 Å². The van der Waals surface area contributed by atoms with E-state index >= 15 is 0 Å². The van der Waals surface area contributed by atoms with Crippen molar-refractivity contribution in [2.45, 2.75) is 6.42 Å². The van der Waals surface area contributed by atoms with Crippen molar-refractivity contribution in [3.8, 4) is 11.5 Å². The Balaban J connectivity index is 1.93. The second kappa shape index (κ2) is 8.33. The number of hydrogen-bond acceptors (Lipinski definition) is 4. The molecule has 0 bridgehead atoms. The maximum atomic E-state index is 5.44. The van der Waals surface area contributed by atoms with Crippen molar-refractivity contribution in [2.24, 2.45) is 0 Å². The lowest BCUT2D eigenvalue weighted by Crippen LogP contribution is -2.32. The third-order valence-corrected chi connectivity index (χ3v) is 3.82. The van der Waals surface area contributed by atoms with Crippen molar-refractivity contribution in [2.75, 3.05) is 33.1 Å². The summed E-state index contributed by atoms with van der Waals surface area (Å²) in [5, 5.41) is 3.85. The molecule has 0 fully saturated rings. The molecule has 122 valence electrons. The fourth-order valence-corrected chi connectivity index (χ4v) is 2.27. The van der Waals surface area contributed by atoms with Crippen molar-refractivity contribution in [3.05, 3.63) is 48.3 Å². The number of thiocarbonyl (C=S) groups is 1. The first kappa shape index (κ1) is 17.0. The molecule has 1 aromatic carbocycles. The van der Waals surface area contributed by atoms with Gasteiger partial charge < -0.3 is 19.7 Å². The van der Waals surface area contributed by atoms with Gasteiger partial charge in [-0.1, -0.05) is 6.07 Å². The molecule has 5 nitrogen and oxygen atoms in total. The number of benzene rings is 1. The molecule has 0 atom stereocenters. The van der Waals surface area contributed by atoms with E-state index in [0.717, 1.165) is 24.3 Å². The molecule has 0 aliphatic rings. The molecule has 0 saturated heterocycles. The summed E-state index contributed by atoms with van der Waals surface area (Å²) in [7, 11) is 5.18. The summed E-state index contributed by atoms with van der Waals surface area (Å²) < 4.78 is 10.5. The van der Waals surface area contributed by atoms with Gasteiger partial charge in [0.1, 0.15) is 0 Å². The largest absolute Gasteiger partial charge is 0.493 e. The number of methoxy groups -OCH3 is 2. The lowest BCUT2D eigenvalue weighted by atomic mass is 10.2. The summed E-state index contributed by atoms with van der Waals surface area (Å²) in [5.41, 5.74) is 1.91. The number of nitrogens with one attached hydrogen (secondary N) is 1. The van der Waals surface area contributed by atoms with E-state index in [2.05, 4.69) is 10.3 Å². The predicted octanol–water partition coefficient (Wildman–Crippen LogP) is 2.97. The molecule has 0 saturated carbocycles. The highest BCUT2D eigenvalue weighted by Gasteiger charge is 2.08. The van der Waals surface area contributed by atoms with Crippen LogP contribution in [0.4, 0.5) is 5.69 Å². The van der Waals surface area contributed by atoms with Gasteiger partial charge in [0.15, 0.2) is 16.6 Å². The Morgan fingerprint density at radius 3 is 2.61 bits per heavy atom. The molecule has 23 heavy (non-hydrogen) atoms. The molecular weight excluding hydrogens is 310 g/mol. The van der Waals surface area contributed by atoms with Crippen LogP contribution in [-0.2, 0) is 6.42 Å². The van der Waals surface area contributed by atoms with Gasteiger partial charge in [-0.2, -0.15) is 0 Å². The molecule has 1 heterocycles. The van der Waals surface area contributed by atoms with Gasteiger partial charge in [0.05, 0.1) is 14.2 Å². The molecule has 0 radical (unpaired) electrons. The van der Waals surface area contributed by atoms with Crippen LogP contribution in [0.25, 0.3) is 0 Å². The van der Waals surface area contributed by atoms with Gasteiger partial charge >= 0.3 is 0 Å². The van der Waals surface area contributed by atoms with Crippen LogP contribution in [0.1, 0.15) is 5.69 Å². The zero-order chi connectivity index (χ0) is 16.7. The van der Waals surface area contributed by atoms with E-state index in [1.54, 1.807) is 20.4 Å². The van der Waals surface area contributed by atoms with Crippen molar-refractivity contribution in [1.82, 2.24) is 9.88 Å². The minimum atomic E-state index is 0.646. The van der Waals surface area contributed by atoms with E-state index in [-0.39, 0.29) is 0 Å². The monoisotopic (exact) mass is 331 g/mol. The fourth-order valence-electron chi connectivity index (χ4n) is 2.06. The van der Waals surface area contributed by atoms with Crippen LogP contribution in [0.3, 0.4) is 0 Å². The average molecular weight is 331 g/mol. The Morgan fingerprint density at radius 2 is 1.96 bits per heavy atom. The van der Waals surface area contributed by atoms with Gasteiger partial charge in [-0.05, 0) is 36.5 Å². The first-order valence-corrected chi connectivity index (χ1v) is 7.69. The van der Waals surface area contributed by atoms with Crippen molar-refractivity contribution < 1.29 is 9.47 Å². The lowest BCUT2D eigenvalue weighted by molar-refractivity contribution is 0.355. The highest BCUT2D eigenvalue weighted by molar-refractivity contribution is 7.80. The average Bonchev–Trinajstić information content (AvgIpc) is 2.60. The summed E-state index contributed by atoms with van der Waals surface area (Å²) in [4.78, 5) is 6.30. The normalized spacial score (nSPS) is 10.0. The molecular formula is C17H21N3O2S. The standard InChI is InChI=1S/C17H21N3O2S/c1-20(11-9-13-6-4-5-10-18-13)17(23)19-14-7-8-15(21-2)16(12-14)22-3/h4-8,10,12H,9,11H2,1-3H3,(H,19,23). The second-order valence-electron chi connectivity index (χ2n) is 4.99. The number of pyridine rings is 1. The molecule has 1 aromatic heterocycles. The number of aromatic nitrogens is 1. The fraction of sp³-hybridized carbons (Fsp3) is 0.294. The van der Waals surface area contributed by atoms with Crippen molar-refractivity contribution in [1.29, 1.82) is 0 Å². The molecule has 0 spiro atoms. The molecule has 6 heteroatoms. The summed E-state index contributed by atoms with van der Waals surface area (Å²) in [5.74, 6) is 1.35. The van der Waals surface area contributed by atoms with Crippen LogP contribution < -0.4 is 14.8 Å². The number of nitrogens with zero attached hydrogens (tertiary/aromatic N) is 2. The molecule has 2 rings (SSSR count). The Labute approximate surface area is 142 Å². The first-order chi connectivity index (χ1) is 11.1. The minimum absolute atomic E-state index is 0.646. The number of likely N-dealkylation sites (N-methyl/N-ethyl adjacent to an activating group) is 1. The lowest BCUT2D eigenvalue weighted by Gasteiger charge is -2.21. The van der Waals surface area contributed by atoms with Gasteiger partial charge in [0.25, 0.3) is 0 Å². The highest BCUT2D eigenvalue weighted by Crippen LogP contribution is 2.29. The summed E-state index contributed by atoms with van der Waals surface area (Å²) in [6.07, 6.45) is 2.64. The van der Waals surface area contributed by atoms with E-state index in [9.17, 15) is 0 Å². The van der Waals surface area contributed by atoms with Crippen LogP contribution in [-0.4, -0.2) is 42.8 Å². The molecule has 0 aliphatic carbocycles. The zero-order valence-electron chi connectivity index (χ0n) is 13.6. The van der Waals surface area contributed by atoms with Gasteiger partial charge in [-0.3, -0.25) is 4.98 Å². The van der Waals surface area contributed by atoms with Gasteiger partial charge in [-0.25, -0.2) is 0 Å². The van der Waals surface area contributed by atoms with Crippen LogP contribution in [0.15, 0.2) is 42.6 Å². The van der Waals surface area contributed by atoms with E-state index in [1.807, 2.05) is 48.3 Å². The molecule has 0 amide bonds. The Hall–Kier alpha value is -2.34. The van der Waals surface area contributed by atoms with Gasteiger partial charge in [-0.15, -0.1) is 0 Å². The smallest absolute Gasteiger partial charge is 0.173 e. The Morgan fingerprint density at radius 1 is 1.17 bits per heavy atom. The van der Waals surface area contributed by atoms with Crippen molar-refractivity contribution >= 4 is 23.0 Å². The summed E-state index contributed by atoms with van der Waals surface area (Å²) >= 11 is 5.44. The molecule has 1 N–H and O–H groups in total. The Bertz CT molecular complexity index is 650. The first-order valence-electron chi connectivity index (χ1n) is 7.28. The number of hydrogen-bond donors (Lipinski definition) is 1. The SMILES string of the molecule is COc1ccc(NC(=S)N(C)CCc2ccccn2)cc1OC. The second-order valence-corrected chi connectivity index (χ2v) is 5.38. The highest BCUT2D eigenvalue weighted by atomic mass is 32.1. The third-order valence-electron chi connectivity index (χ3n) is 3.41. The van der Waals surface area contributed by atoms with Crippen LogP contribution in [0, 0.1) is 0 Å². The molecule has 0 aliphatic heterocycles. The minimum Gasteiger partial charge on any atom is -0.493 e. The molecule has 2 aromatic rings. The zero-order valence-corrected chi connectivity index (χ0v) is 14.4. The van der Waals surface area contributed by atoms with E-state index in [0.29, 0.717) is 16.6 Å². The van der Waals surface area contributed by atoms with E-state index in [4.69, 9.17) is 21.7 Å². The van der Waals surface area contributed by atoms with Crippen LogP contribution >= 0.6 is 12.2 Å².